The number of carbonyl (C=O) groups is 2. The number of hydrogen-bond donors (Lipinski definition) is 3. The van der Waals surface area contributed by atoms with Crippen LogP contribution in [0.4, 0.5) is 0 Å². The molecule has 1 aromatic heterocycles. The summed E-state index contributed by atoms with van der Waals surface area (Å²) < 4.78 is 0. The van der Waals surface area contributed by atoms with Crippen LogP contribution in [0, 0.1) is 10.8 Å². The number of carbonyl (C=O) groups excluding carboxylic acids is 2. The van der Waals surface area contributed by atoms with Crippen LogP contribution in [-0.4, -0.2) is 59.7 Å². The zero-order chi connectivity index (χ0) is 22.8. The zero-order valence-electron chi connectivity index (χ0n) is 18.6. The third-order valence-corrected chi connectivity index (χ3v) is 6.22. The summed E-state index contributed by atoms with van der Waals surface area (Å²) in [4.78, 5) is 38.6. The van der Waals surface area contributed by atoms with Crippen molar-refractivity contribution < 1.29 is 9.59 Å². The quantitative estimate of drug-likeness (QED) is 0.195. The summed E-state index contributed by atoms with van der Waals surface area (Å²) in [5.74, 6) is 0.442. The SMILES string of the molecule is CN(CCC/C(=N\NC(=O)CCCC[C@@H]1CC[C@H]2NCC(=O)N[C@H]12)c1cccnc1)N=O. The van der Waals surface area contributed by atoms with Crippen LogP contribution in [0.1, 0.15) is 56.9 Å². The third kappa shape index (κ3) is 7.08. The molecule has 3 atom stereocenters. The maximum absolute atomic E-state index is 12.3. The van der Waals surface area contributed by atoms with Crippen molar-refractivity contribution in [2.45, 2.75) is 63.5 Å². The van der Waals surface area contributed by atoms with Gasteiger partial charge in [0.2, 0.25) is 11.8 Å². The average Bonchev–Trinajstić information content (AvgIpc) is 3.21. The van der Waals surface area contributed by atoms with E-state index in [0.29, 0.717) is 44.3 Å². The van der Waals surface area contributed by atoms with Crippen molar-refractivity contribution in [3.63, 3.8) is 0 Å². The van der Waals surface area contributed by atoms with Gasteiger partial charge in [0.15, 0.2) is 0 Å². The van der Waals surface area contributed by atoms with Gasteiger partial charge in [-0.2, -0.15) is 5.10 Å². The van der Waals surface area contributed by atoms with Crippen LogP contribution in [0.2, 0.25) is 0 Å². The van der Waals surface area contributed by atoms with Crippen LogP contribution in [0.3, 0.4) is 0 Å². The molecule has 1 aliphatic heterocycles. The third-order valence-electron chi connectivity index (χ3n) is 6.22. The van der Waals surface area contributed by atoms with Gasteiger partial charge in [-0.05, 0) is 50.5 Å². The fourth-order valence-electron chi connectivity index (χ4n) is 4.51. The van der Waals surface area contributed by atoms with Crippen molar-refractivity contribution in [2.75, 3.05) is 20.1 Å². The van der Waals surface area contributed by atoms with E-state index in [4.69, 9.17) is 0 Å². The van der Waals surface area contributed by atoms with Crippen LogP contribution >= 0.6 is 0 Å². The zero-order valence-corrected chi connectivity index (χ0v) is 18.6. The summed E-state index contributed by atoms with van der Waals surface area (Å²) in [6.45, 7) is 0.927. The number of nitrogens with one attached hydrogen (secondary N) is 3. The number of nitroso groups, excluding NO2 is 1. The van der Waals surface area contributed by atoms with Gasteiger partial charge in [0, 0.05) is 50.1 Å². The summed E-state index contributed by atoms with van der Waals surface area (Å²) >= 11 is 0. The molecule has 0 radical (unpaired) electrons. The number of rotatable bonds is 12. The van der Waals surface area contributed by atoms with Crippen LogP contribution in [-0.2, 0) is 9.59 Å². The Kier molecular flexibility index (Phi) is 9.09. The van der Waals surface area contributed by atoms with E-state index in [1.165, 1.54) is 5.01 Å². The highest BCUT2D eigenvalue weighted by molar-refractivity contribution is 6.00. The lowest BCUT2D eigenvalue weighted by Gasteiger charge is -2.31. The molecule has 0 unspecified atom stereocenters. The van der Waals surface area contributed by atoms with E-state index in [0.717, 1.165) is 43.4 Å². The standard InChI is InChI=1S/C22H33N7O3/c1-29(28-32)13-5-8-18(17-7-4-12-23-14-17)26-27-20(30)9-3-2-6-16-10-11-19-22(16)25-21(31)15-24-19/h4,7,12,14,16,19,22,24H,2-3,5-6,8-11,13,15H2,1H3,(H,25,31)(H,27,30)/b26-18+/t16-,19-,22-/m1/s1. The van der Waals surface area contributed by atoms with Gasteiger partial charge in [-0.25, -0.2) is 5.43 Å². The van der Waals surface area contributed by atoms with Gasteiger partial charge in [-0.15, -0.1) is 4.91 Å². The number of unbranched alkanes of at least 4 members (excludes halogenated alkanes) is 1. The van der Waals surface area contributed by atoms with E-state index in [1.54, 1.807) is 19.4 Å². The first kappa shape index (κ1) is 23.8. The molecule has 0 aromatic carbocycles. The molecule has 174 valence electrons. The van der Waals surface area contributed by atoms with Crippen molar-refractivity contribution in [2.24, 2.45) is 16.3 Å². The predicted octanol–water partition coefficient (Wildman–Crippen LogP) is 1.72. The summed E-state index contributed by atoms with van der Waals surface area (Å²) in [5.41, 5.74) is 4.23. The molecule has 2 heterocycles. The molecule has 1 saturated carbocycles. The molecule has 2 fully saturated rings. The van der Waals surface area contributed by atoms with E-state index >= 15 is 0 Å². The van der Waals surface area contributed by atoms with E-state index in [-0.39, 0.29) is 17.9 Å². The summed E-state index contributed by atoms with van der Waals surface area (Å²) in [7, 11) is 1.63. The fourth-order valence-corrected chi connectivity index (χ4v) is 4.51. The predicted molar refractivity (Wildman–Crippen MR) is 121 cm³/mol. The van der Waals surface area contributed by atoms with Crippen molar-refractivity contribution >= 4 is 17.5 Å². The Bertz CT molecular complexity index is 802. The highest BCUT2D eigenvalue weighted by atomic mass is 16.3. The Morgan fingerprint density at radius 1 is 1.28 bits per heavy atom. The molecule has 10 heteroatoms. The number of pyridine rings is 1. The molecular formula is C22H33N7O3. The number of nitrogens with zero attached hydrogens (tertiary/aromatic N) is 4. The largest absolute Gasteiger partial charge is 0.350 e. The van der Waals surface area contributed by atoms with E-state index in [1.807, 2.05) is 12.1 Å². The second-order valence-electron chi connectivity index (χ2n) is 8.57. The summed E-state index contributed by atoms with van der Waals surface area (Å²) in [6, 6.07) is 4.34. The molecule has 0 spiro atoms. The van der Waals surface area contributed by atoms with Crippen LogP contribution < -0.4 is 16.1 Å². The van der Waals surface area contributed by atoms with Gasteiger partial charge in [0.25, 0.3) is 0 Å². The molecule has 32 heavy (non-hydrogen) atoms. The number of piperazine rings is 1. The molecular weight excluding hydrogens is 410 g/mol. The van der Waals surface area contributed by atoms with Crippen molar-refractivity contribution in [1.29, 1.82) is 0 Å². The number of hydrogen-bond acceptors (Lipinski definition) is 7. The monoisotopic (exact) mass is 443 g/mol. The van der Waals surface area contributed by atoms with Gasteiger partial charge >= 0.3 is 0 Å². The minimum Gasteiger partial charge on any atom is -0.350 e. The van der Waals surface area contributed by atoms with Gasteiger partial charge in [-0.1, -0.05) is 12.5 Å². The molecule has 10 nitrogen and oxygen atoms in total. The first-order chi connectivity index (χ1) is 15.6. The molecule has 1 aliphatic carbocycles. The van der Waals surface area contributed by atoms with Gasteiger partial charge in [0.05, 0.1) is 17.5 Å². The topological polar surface area (TPSA) is 128 Å². The maximum atomic E-state index is 12.3. The molecule has 3 N–H and O–H groups in total. The Hall–Kier alpha value is -2.88. The number of aromatic nitrogens is 1. The van der Waals surface area contributed by atoms with E-state index < -0.39 is 0 Å². The van der Waals surface area contributed by atoms with E-state index in [9.17, 15) is 14.5 Å². The molecule has 3 rings (SSSR count). The summed E-state index contributed by atoms with van der Waals surface area (Å²) in [6.07, 6.45) is 10.0. The second-order valence-corrected chi connectivity index (χ2v) is 8.57. The van der Waals surface area contributed by atoms with Crippen molar-refractivity contribution in [3.8, 4) is 0 Å². The maximum Gasteiger partial charge on any atom is 0.240 e. The number of fused-ring (bicyclic) bond motifs is 1. The number of hydrazone groups is 1. The lowest BCUT2D eigenvalue weighted by molar-refractivity contribution is -0.123. The lowest BCUT2D eigenvalue weighted by atomic mass is 9.94. The average molecular weight is 444 g/mol. The fraction of sp³-hybridized carbons (Fsp3) is 0.636. The van der Waals surface area contributed by atoms with Gasteiger partial charge in [0.1, 0.15) is 0 Å². The highest BCUT2D eigenvalue weighted by Crippen LogP contribution is 2.31. The molecule has 1 saturated heterocycles. The first-order valence-corrected chi connectivity index (χ1v) is 11.4. The number of amides is 2. The summed E-state index contributed by atoms with van der Waals surface area (Å²) in [5, 5.41) is 15.0. The van der Waals surface area contributed by atoms with Crippen LogP contribution in [0.15, 0.2) is 34.9 Å². The molecule has 2 amide bonds. The minimum atomic E-state index is -0.116. The van der Waals surface area contributed by atoms with E-state index in [2.05, 4.69) is 31.4 Å². The van der Waals surface area contributed by atoms with Crippen molar-refractivity contribution in [1.82, 2.24) is 26.1 Å². The Labute approximate surface area is 188 Å². The molecule has 0 bridgehead atoms. The Morgan fingerprint density at radius 2 is 2.16 bits per heavy atom. The lowest BCUT2D eigenvalue weighted by Crippen LogP contribution is -2.58. The second kappa shape index (κ2) is 12.2. The Morgan fingerprint density at radius 3 is 2.94 bits per heavy atom. The highest BCUT2D eigenvalue weighted by Gasteiger charge is 2.38. The van der Waals surface area contributed by atoms with Crippen LogP contribution in [0.25, 0.3) is 0 Å². The normalized spacial score (nSPS) is 22.7. The van der Waals surface area contributed by atoms with Crippen molar-refractivity contribution in [3.05, 3.63) is 35.0 Å². The van der Waals surface area contributed by atoms with Gasteiger partial charge in [-0.3, -0.25) is 19.6 Å². The Balaban J connectivity index is 1.41. The van der Waals surface area contributed by atoms with Crippen LogP contribution in [0.5, 0.6) is 0 Å². The molecule has 2 aliphatic rings. The first-order valence-electron chi connectivity index (χ1n) is 11.4. The minimum absolute atomic E-state index is 0.0777. The van der Waals surface area contributed by atoms with Gasteiger partial charge < -0.3 is 10.6 Å². The molecule has 1 aromatic rings. The smallest absolute Gasteiger partial charge is 0.240 e.